The van der Waals surface area contributed by atoms with Crippen molar-refractivity contribution >= 4 is 5.84 Å². The third-order valence-electron chi connectivity index (χ3n) is 1.80. The van der Waals surface area contributed by atoms with Crippen molar-refractivity contribution in [2.24, 2.45) is 12.8 Å². The van der Waals surface area contributed by atoms with E-state index < -0.39 is 0 Å². The first-order valence-corrected chi connectivity index (χ1v) is 4.49. The zero-order valence-corrected chi connectivity index (χ0v) is 8.58. The lowest BCUT2D eigenvalue weighted by Crippen LogP contribution is -2.12. The van der Waals surface area contributed by atoms with Crippen molar-refractivity contribution in [2.45, 2.75) is 0 Å². The van der Waals surface area contributed by atoms with Crippen molar-refractivity contribution in [1.29, 1.82) is 5.41 Å². The van der Waals surface area contributed by atoms with E-state index >= 15 is 0 Å². The van der Waals surface area contributed by atoms with Crippen LogP contribution in [0.3, 0.4) is 0 Å². The number of pyridine rings is 1. The molecule has 0 unspecified atom stereocenters. The van der Waals surface area contributed by atoms with Crippen LogP contribution in [0.15, 0.2) is 24.7 Å². The van der Waals surface area contributed by atoms with Gasteiger partial charge < -0.3 is 10.5 Å². The lowest BCUT2D eigenvalue weighted by Gasteiger charge is -2.01. The Labute approximate surface area is 91.4 Å². The summed E-state index contributed by atoms with van der Waals surface area (Å²) in [5.74, 6) is 0.415. The van der Waals surface area contributed by atoms with E-state index in [-0.39, 0.29) is 11.8 Å². The normalized spacial score (nSPS) is 10.1. The van der Waals surface area contributed by atoms with Gasteiger partial charge in [-0.2, -0.15) is 4.98 Å². The van der Waals surface area contributed by atoms with Gasteiger partial charge in [0.25, 0.3) is 0 Å². The van der Waals surface area contributed by atoms with Gasteiger partial charge in [0.05, 0.1) is 6.20 Å². The quantitative estimate of drug-likeness (QED) is 0.569. The molecule has 7 heteroatoms. The topological polar surface area (TPSA) is 103 Å². The molecule has 0 aliphatic rings. The molecule has 7 nitrogen and oxygen atoms in total. The maximum absolute atomic E-state index is 7.18. The molecule has 0 aromatic carbocycles. The zero-order chi connectivity index (χ0) is 11.5. The first-order chi connectivity index (χ1) is 7.65. The summed E-state index contributed by atoms with van der Waals surface area (Å²) in [6, 6.07) is 3.50. The fourth-order valence-corrected chi connectivity index (χ4v) is 1.07. The summed E-state index contributed by atoms with van der Waals surface area (Å²) in [6.45, 7) is 0. The summed E-state index contributed by atoms with van der Waals surface area (Å²) in [7, 11) is 1.75. The minimum absolute atomic E-state index is 0.0810. The average Bonchev–Trinajstić information content (AvgIpc) is 2.65. The van der Waals surface area contributed by atoms with E-state index in [2.05, 4.69) is 15.1 Å². The second kappa shape index (κ2) is 3.97. The monoisotopic (exact) mass is 218 g/mol. The first-order valence-electron chi connectivity index (χ1n) is 4.49. The van der Waals surface area contributed by atoms with Crippen molar-refractivity contribution in [1.82, 2.24) is 19.7 Å². The van der Waals surface area contributed by atoms with E-state index in [9.17, 15) is 0 Å². The van der Waals surface area contributed by atoms with Gasteiger partial charge in [0, 0.05) is 7.05 Å². The largest absolute Gasteiger partial charge is 0.422 e. The van der Waals surface area contributed by atoms with Crippen LogP contribution in [-0.2, 0) is 7.05 Å². The van der Waals surface area contributed by atoms with E-state index in [1.165, 1.54) is 17.2 Å². The Hall–Kier alpha value is -2.44. The smallest absolute Gasteiger partial charge is 0.341 e. The highest BCUT2D eigenvalue weighted by Gasteiger charge is 2.03. The lowest BCUT2D eigenvalue weighted by molar-refractivity contribution is 0.437. The average molecular weight is 218 g/mol. The Morgan fingerprint density at radius 3 is 2.75 bits per heavy atom. The van der Waals surface area contributed by atoms with Crippen LogP contribution in [0.25, 0.3) is 0 Å². The molecule has 82 valence electrons. The number of nitrogens with zero attached hydrogens (tertiary/aromatic N) is 4. The summed E-state index contributed by atoms with van der Waals surface area (Å²) < 4.78 is 6.85. The number of rotatable bonds is 3. The zero-order valence-electron chi connectivity index (χ0n) is 8.58. The number of nitrogens with two attached hydrogens (primary N) is 1. The maximum Gasteiger partial charge on any atom is 0.341 e. The summed E-state index contributed by atoms with van der Waals surface area (Å²) in [5.41, 5.74) is 5.68. The molecule has 0 saturated heterocycles. The summed E-state index contributed by atoms with van der Waals surface area (Å²) in [5, 5.41) is 11.1. The Morgan fingerprint density at radius 1 is 1.44 bits per heavy atom. The molecule has 2 aromatic rings. The van der Waals surface area contributed by atoms with Gasteiger partial charge in [0.1, 0.15) is 23.6 Å². The van der Waals surface area contributed by atoms with E-state index in [1.807, 2.05) is 0 Å². The first kappa shape index (κ1) is 10.1. The lowest BCUT2D eigenvalue weighted by atomic mass is 10.3. The second-order valence-electron chi connectivity index (χ2n) is 3.10. The summed E-state index contributed by atoms with van der Waals surface area (Å²) >= 11 is 0. The molecule has 0 aliphatic heterocycles. The Kier molecular flexibility index (Phi) is 2.50. The second-order valence-corrected chi connectivity index (χ2v) is 3.10. The third kappa shape index (κ3) is 2.14. The van der Waals surface area contributed by atoms with Crippen LogP contribution in [0.1, 0.15) is 5.69 Å². The predicted molar refractivity (Wildman–Crippen MR) is 56.3 cm³/mol. The van der Waals surface area contributed by atoms with Gasteiger partial charge in [-0.15, -0.1) is 5.10 Å². The molecule has 0 aliphatic carbocycles. The number of hydrogen-bond donors (Lipinski definition) is 2. The molecule has 2 aromatic heterocycles. The van der Waals surface area contributed by atoms with Gasteiger partial charge in [0.15, 0.2) is 0 Å². The molecule has 0 saturated carbocycles. The number of ether oxygens (including phenoxy) is 1. The number of nitrogens with one attached hydrogen (secondary N) is 1. The van der Waals surface area contributed by atoms with Gasteiger partial charge in [-0.25, -0.2) is 4.98 Å². The number of aromatic nitrogens is 4. The fourth-order valence-electron chi connectivity index (χ4n) is 1.07. The van der Waals surface area contributed by atoms with E-state index in [1.54, 1.807) is 19.2 Å². The Bertz CT molecular complexity index is 503. The Morgan fingerprint density at radius 2 is 2.25 bits per heavy atom. The van der Waals surface area contributed by atoms with Gasteiger partial charge in [-0.05, 0) is 12.1 Å². The standard InChI is InChI=1S/C9H10N6O/c1-15-5-13-9(14-15)16-6-2-3-7(8(10)11)12-4-6/h2-5H,1H3,(H3,10,11). The van der Waals surface area contributed by atoms with E-state index in [0.29, 0.717) is 11.4 Å². The molecule has 3 N–H and O–H groups in total. The van der Waals surface area contributed by atoms with Crippen LogP contribution in [0.2, 0.25) is 0 Å². The summed E-state index contributed by atoms with van der Waals surface area (Å²) in [6.07, 6.45) is 3.00. The van der Waals surface area contributed by atoms with Crippen molar-refractivity contribution in [2.75, 3.05) is 0 Å². The molecule has 16 heavy (non-hydrogen) atoms. The van der Waals surface area contributed by atoms with Crippen LogP contribution in [0.5, 0.6) is 11.8 Å². The number of hydrogen-bond acceptors (Lipinski definition) is 5. The minimum atomic E-state index is -0.0810. The van der Waals surface area contributed by atoms with Gasteiger partial charge in [-0.3, -0.25) is 10.1 Å². The SMILES string of the molecule is Cn1cnc(Oc2ccc(C(=N)N)nc2)n1. The van der Waals surface area contributed by atoms with Crippen LogP contribution in [0, 0.1) is 5.41 Å². The molecule has 0 amide bonds. The Balaban J connectivity index is 2.14. The molecule has 0 bridgehead atoms. The van der Waals surface area contributed by atoms with Crippen molar-refractivity contribution in [3.63, 3.8) is 0 Å². The molecular formula is C9H10N6O. The highest BCUT2D eigenvalue weighted by Crippen LogP contribution is 2.15. The molecule has 2 rings (SSSR count). The number of aryl methyl sites for hydroxylation is 1. The van der Waals surface area contributed by atoms with Gasteiger partial charge in [-0.1, -0.05) is 0 Å². The molecule has 2 heterocycles. The molecular weight excluding hydrogens is 208 g/mol. The van der Waals surface area contributed by atoms with Gasteiger partial charge in [0.2, 0.25) is 0 Å². The van der Waals surface area contributed by atoms with Crippen LogP contribution in [0.4, 0.5) is 0 Å². The van der Waals surface area contributed by atoms with Crippen molar-refractivity contribution in [3.05, 3.63) is 30.4 Å². The van der Waals surface area contributed by atoms with Crippen LogP contribution >= 0.6 is 0 Å². The predicted octanol–water partition coefficient (Wildman–Crippen LogP) is 0.286. The highest BCUT2D eigenvalue weighted by atomic mass is 16.5. The third-order valence-corrected chi connectivity index (χ3v) is 1.80. The van der Waals surface area contributed by atoms with Crippen LogP contribution in [-0.4, -0.2) is 25.6 Å². The molecule has 0 fully saturated rings. The number of amidine groups is 1. The maximum atomic E-state index is 7.18. The molecule has 0 radical (unpaired) electrons. The highest BCUT2D eigenvalue weighted by molar-refractivity contribution is 5.92. The number of nitrogen functional groups attached to an aromatic ring is 1. The fraction of sp³-hybridized carbons (Fsp3) is 0.111. The van der Waals surface area contributed by atoms with Crippen molar-refractivity contribution in [3.8, 4) is 11.8 Å². The molecule has 0 atom stereocenters. The van der Waals surface area contributed by atoms with E-state index in [4.69, 9.17) is 15.9 Å². The van der Waals surface area contributed by atoms with E-state index in [0.717, 1.165) is 0 Å². The van der Waals surface area contributed by atoms with Gasteiger partial charge >= 0.3 is 6.01 Å². The molecule has 0 spiro atoms. The van der Waals surface area contributed by atoms with Crippen molar-refractivity contribution < 1.29 is 4.74 Å². The minimum Gasteiger partial charge on any atom is -0.422 e. The van der Waals surface area contributed by atoms with Crippen LogP contribution < -0.4 is 10.5 Å². The summed E-state index contributed by atoms with van der Waals surface area (Å²) in [4.78, 5) is 7.85.